The highest BCUT2D eigenvalue weighted by Crippen LogP contribution is 2.30. The molecule has 1 aliphatic carbocycles. The van der Waals surface area contributed by atoms with Gasteiger partial charge in [0.25, 0.3) is 0 Å². The Kier molecular flexibility index (Phi) is 4.33. The number of carbonyl (C=O) groups excluding carboxylic acids is 1. The van der Waals surface area contributed by atoms with Crippen molar-refractivity contribution in [1.29, 1.82) is 0 Å². The van der Waals surface area contributed by atoms with Gasteiger partial charge in [0.15, 0.2) is 0 Å². The first-order valence-electron chi connectivity index (χ1n) is 6.41. The van der Waals surface area contributed by atoms with E-state index in [2.05, 4.69) is 10.6 Å². The molecule has 0 atom stereocenters. The van der Waals surface area contributed by atoms with Crippen molar-refractivity contribution < 1.29 is 9.90 Å². The van der Waals surface area contributed by atoms with Crippen LogP contribution in [0.1, 0.15) is 24.8 Å². The summed E-state index contributed by atoms with van der Waals surface area (Å²) in [5.74, 6) is -0.0291. The standard InChI is InChI=1S/C14H20N2O2/c17-11-14(7-4-8-14)16-10-13(18)15-9-12-5-2-1-3-6-12/h1-3,5-6,16-17H,4,7-11H2,(H,15,18). The van der Waals surface area contributed by atoms with Crippen LogP contribution in [0, 0.1) is 0 Å². The molecule has 1 aromatic rings. The average Bonchev–Trinajstić information content (AvgIpc) is 2.37. The molecule has 98 valence electrons. The van der Waals surface area contributed by atoms with Crippen LogP contribution in [-0.2, 0) is 11.3 Å². The largest absolute Gasteiger partial charge is 0.394 e. The Labute approximate surface area is 107 Å². The van der Waals surface area contributed by atoms with E-state index in [1.165, 1.54) is 0 Å². The Morgan fingerprint density at radius 3 is 2.56 bits per heavy atom. The summed E-state index contributed by atoms with van der Waals surface area (Å²) in [7, 11) is 0. The van der Waals surface area contributed by atoms with Gasteiger partial charge in [0, 0.05) is 12.1 Å². The monoisotopic (exact) mass is 248 g/mol. The van der Waals surface area contributed by atoms with Gasteiger partial charge in [-0.3, -0.25) is 4.79 Å². The number of amides is 1. The Bertz CT molecular complexity index is 383. The van der Waals surface area contributed by atoms with Crippen molar-refractivity contribution in [3.05, 3.63) is 35.9 Å². The number of aliphatic hydroxyl groups is 1. The molecule has 3 N–H and O–H groups in total. The smallest absolute Gasteiger partial charge is 0.234 e. The third-order valence-electron chi connectivity index (χ3n) is 3.57. The van der Waals surface area contributed by atoms with E-state index >= 15 is 0 Å². The molecule has 2 rings (SSSR count). The maximum absolute atomic E-state index is 11.7. The minimum absolute atomic E-state index is 0.0291. The van der Waals surface area contributed by atoms with Gasteiger partial charge in [-0.2, -0.15) is 0 Å². The number of nitrogens with one attached hydrogen (secondary N) is 2. The lowest BCUT2D eigenvalue weighted by Crippen LogP contribution is -2.56. The summed E-state index contributed by atoms with van der Waals surface area (Å²) in [6.07, 6.45) is 3.03. The number of aliphatic hydroxyl groups excluding tert-OH is 1. The van der Waals surface area contributed by atoms with Gasteiger partial charge in [-0.05, 0) is 24.8 Å². The highest BCUT2D eigenvalue weighted by molar-refractivity contribution is 5.78. The van der Waals surface area contributed by atoms with Crippen molar-refractivity contribution in [1.82, 2.24) is 10.6 Å². The van der Waals surface area contributed by atoms with Gasteiger partial charge >= 0.3 is 0 Å². The van der Waals surface area contributed by atoms with Gasteiger partial charge in [0.1, 0.15) is 0 Å². The van der Waals surface area contributed by atoms with Crippen molar-refractivity contribution in [3.63, 3.8) is 0 Å². The van der Waals surface area contributed by atoms with E-state index in [-0.39, 0.29) is 24.6 Å². The third kappa shape index (κ3) is 3.31. The van der Waals surface area contributed by atoms with Crippen LogP contribution < -0.4 is 10.6 Å². The van der Waals surface area contributed by atoms with Gasteiger partial charge < -0.3 is 15.7 Å². The second kappa shape index (κ2) is 5.98. The highest BCUT2D eigenvalue weighted by Gasteiger charge is 2.35. The van der Waals surface area contributed by atoms with Crippen molar-refractivity contribution in [2.24, 2.45) is 0 Å². The van der Waals surface area contributed by atoms with Crippen molar-refractivity contribution >= 4 is 5.91 Å². The number of rotatable bonds is 6. The molecular weight excluding hydrogens is 228 g/mol. The first kappa shape index (κ1) is 13.1. The first-order chi connectivity index (χ1) is 8.74. The molecule has 0 aromatic heterocycles. The van der Waals surface area contributed by atoms with E-state index in [9.17, 15) is 9.90 Å². The predicted molar refractivity (Wildman–Crippen MR) is 70.0 cm³/mol. The number of benzene rings is 1. The van der Waals surface area contributed by atoms with Crippen LogP contribution in [-0.4, -0.2) is 29.7 Å². The second-order valence-corrected chi connectivity index (χ2v) is 4.91. The second-order valence-electron chi connectivity index (χ2n) is 4.91. The van der Waals surface area contributed by atoms with E-state index in [0.717, 1.165) is 24.8 Å². The molecule has 0 saturated heterocycles. The van der Waals surface area contributed by atoms with Gasteiger partial charge in [0.2, 0.25) is 5.91 Å². The fourth-order valence-electron chi connectivity index (χ4n) is 2.12. The van der Waals surface area contributed by atoms with Crippen LogP contribution >= 0.6 is 0 Å². The van der Waals surface area contributed by atoms with E-state index < -0.39 is 0 Å². The molecule has 4 nitrogen and oxygen atoms in total. The molecule has 1 saturated carbocycles. The fraction of sp³-hybridized carbons (Fsp3) is 0.500. The van der Waals surface area contributed by atoms with Crippen molar-refractivity contribution in [2.75, 3.05) is 13.2 Å². The summed E-state index contributed by atoms with van der Waals surface area (Å²) >= 11 is 0. The van der Waals surface area contributed by atoms with E-state index in [1.54, 1.807) is 0 Å². The molecule has 1 amide bonds. The normalized spacial score (nSPS) is 16.9. The minimum Gasteiger partial charge on any atom is -0.394 e. The number of hydrogen-bond acceptors (Lipinski definition) is 3. The van der Waals surface area contributed by atoms with Crippen LogP contribution in [0.25, 0.3) is 0 Å². The van der Waals surface area contributed by atoms with Crippen LogP contribution in [0.4, 0.5) is 0 Å². The predicted octanol–water partition coefficient (Wildman–Crippen LogP) is 0.807. The van der Waals surface area contributed by atoms with Gasteiger partial charge in [-0.25, -0.2) is 0 Å². The SMILES string of the molecule is O=C(CNC1(CO)CCC1)NCc1ccccc1. The van der Waals surface area contributed by atoms with E-state index in [4.69, 9.17) is 0 Å². The Balaban J connectivity index is 1.69. The van der Waals surface area contributed by atoms with Gasteiger partial charge in [-0.1, -0.05) is 30.3 Å². The van der Waals surface area contributed by atoms with Crippen LogP contribution in [0.5, 0.6) is 0 Å². The Hall–Kier alpha value is -1.39. The lowest BCUT2D eigenvalue weighted by Gasteiger charge is -2.41. The molecule has 0 spiro atoms. The topological polar surface area (TPSA) is 61.4 Å². The number of hydrogen-bond donors (Lipinski definition) is 3. The van der Waals surface area contributed by atoms with Crippen LogP contribution in [0.2, 0.25) is 0 Å². The molecule has 0 unspecified atom stereocenters. The zero-order chi connectivity index (χ0) is 12.8. The minimum atomic E-state index is -0.204. The molecule has 0 heterocycles. The maximum Gasteiger partial charge on any atom is 0.234 e. The summed E-state index contributed by atoms with van der Waals surface area (Å²) in [5.41, 5.74) is 0.885. The average molecular weight is 248 g/mol. The maximum atomic E-state index is 11.7. The first-order valence-corrected chi connectivity index (χ1v) is 6.41. The molecule has 18 heavy (non-hydrogen) atoms. The molecule has 1 aliphatic rings. The van der Waals surface area contributed by atoms with E-state index in [1.807, 2.05) is 30.3 Å². The van der Waals surface area contributed by atoms with Gasteiger partial charge in [-0.15, -0.1) is 0 Å². The summed E-state index contributed by atoms with van der Waals surface area (Å²) < 4.78 is 0. The molecule has 0 bridgehead atoms. The lowest BCUT2D eigenvalue weighted by molar-refractivity contribution is -0.121. The molecule has 1 fully saturated rings. The highest BCUT2D eigenvalue weighted by atomic mass is 16.3. The zero-order valence-corrected chi connectivity index (χ0v) is 10.5. The van der Waals surface area contributed by atoms with Crippen LogP contribution in [0.15, 0.2) is 30.3 Å². The number of carbonyl (C=O) groups is 1. The molecular formula is C14H20N2O2. The summed E-state index contributed by atoms with van der Waals surface area (Å²) in [4.78, 5) is 11.7. The Morgan fingerprint density at radius 1 is 1.28 bits per heavy atom. The Morgan fingerprint density at radius 2 is 2.00 bits per heavy atom. The molecule has 4 heteroatoms. The van der Waals surface area contributed by atoms with Crippen molar-refractivity contribution in [2.45, 2.75) is 31.3 Å². The quantitative estimate of drug-likeness (QED) is 0.698. The van der Waals surface area contributed by atoms with Gasteiger partial charge in [0.05, 0.1) is 13.2 Å². The lowest BCUT2D eigenvalue weighted by atomic mass is 9.77. The van der Waals surface area contributed by atoms with E-state index in [0.29, 0.717) is 6.54 Å². The molecule has 0 radical (unpaired) electrons. The van der Waals surface area contributed by atoms with Crippen LogP contribution in [0.3, 0.4) is 0 Å². The summed E-state index contributed by atoms with van der Waals surface area (Å²) in [6, 6.07) is 9.82. The summed E-state index contributed by atoms with van der Waals surface area (Å²) in [5, 5.41) is 15.3. The molecule has 1 aromatic carbocycles. The van der Waals surface area contributed by atoms with Crippen molar-refractivity contribution in [3.8, 4) is 0 Å². The third-order valence-corrected chi connectivity index (χ3v) is 3.57. The summed E-state index contributed by atoms with van der Waals surface area (Å²) in [6.45, 7) is 0.930. The fourth-order valence-corrected chi connectivity index (χ4v) is 2.12. The molecule has 0 aliphatic heterocycles. The zero-order valence-electron chi connectivity index (χ0n) is 10.5.